The highest BCUT2D eigenvalue weighted by atomic mass is 16.7. The summed E-state index contributed by atoms with van der Waals surface area (Å²) in [4.78, 5) is 13.1. The second-order valence-corrected chi connectivity index (χ2v) is 16.8. The predicted octanol–water partition coefficient (Wildman–Crippen LogP) is 7.84. The molecular formula is C47H89NO10. The van der Waals surface area contributed by atoms with Gasteiger partial charge in [-0.1, -0.05) is 173 Å². The molecule has 0 spiro atoms. The van der Waals surface area contributed by atoms with Crippen LogP contribution in [-0.2, 0) is 14.3 Å². The Morgan fingerprint density at radius 3 is 1.53 bits per heavy atom. The van der Waals surface area contributed by atoms with Crippen molar-refractivity contribution in [2.45, 2.75) is 255 Å². The number of hydrogen-bond acceptors (Lipinski definition) is 10. The van der Waals surface area contributed by atoms with Crippen LogP contribution >= 0.6 is 0 Å². The summed E-state index contributed by atoms with van der Waals surface area (Å²) in [5, 5.41) is 75.6. The Bertz CT molecular complexity index is 997. The fraction of sp³-hybridized carbons (Fsp3) is 0.894. The monoisotopic (exact) mass is 828 g/mol. The molecule has 0 aromatic rings. The molecule has 1 aliphatic heterocycles. The van der Waals surface area contributed by atoms with Gasteiger partial charge in [0.05, 0.1) is 25.4 Å². The minimum absolute atomic E-state index is 0.248. The van der Waals surface area contributed by atoms with E-state index in [2.05, 4.69) is 43.5 Å². The normalized spacial score (nSPS) is 22.1. The van der Waals surface area contributed by atoms with Gasteiger partial charge in [0, 0.05) is 0 Å². The number of aliphatic hydroxyl groups is 7. The highest BCUT2D eigenvalue weighted by Crippen LogP contribution is 2.23. The lowest BCUT2D eigenvalue weighted by molar-refractivity contribution is -0.303. The Kier molecular flexibility index (Phi) is 35.2. The fourth-order valence-electron chi connectivity index (χ4n) is 7.52. The first-order valence-corrected chi connectivity index (χ1v) is 23.7. The van der Waals surface area contributed by atoms with E-state index in [0.717, 1.165) is 38.5 Å². The summed E-state index contributed by atoms with van der Waals surface area (Å²) >= 11 is 0. The summed E-state index contributed by atoms with van der Waals surface area (Å²) in [7, 11) is 0. The lowest BCUT2D eigenvalue weighted by Crippen LogP contribution is -2.60. The summed E-state index contributed by atoms with van der Waals surface area (Å²) in [5.74, 6) is -0.710. The Labute approximate surface area is 353 Å². The standard InChI is InChI=1S/C47H89NO10/c1-3-5-7-9-11-13-15-17-19-21-23-25-27-29-31-33-35-40(51)46(56)48-38(37-57-47-45(55)44(54)43(53)41(36-49)58-47)42(52)39(50)34-32-30-28-26-24-22-20-18-16-14-12-10-8-6-4-2/h18,20,26,28,38-45,47,49-55H,3-17,19,21-25,27,29-37H2,1-2H3,(H,48,56)/b20-18+,28-26+. The van der Waals surface area contributed by atoms with E-state index in [-0.39, 0.29) is 12.8 Å². The van der Waals surface area contributed by atoms with Crippen LogP contribution in [0.2, 0.25) is 0 Å². The van der Waals surface area contributed by atoms with E-state index in [1.54, 1.807) is 0 Å². The third-order valence-electron chi connectivity index (χ3n) is 11.5. The van der Waals surface area contributed by atoms with Crippen molar-refractivity contribution in [1.29, 1.82) is 0 Å². The van der Waals surface area contributed by atoms with Crippen molar-refractivity contribution in [2.24, 2.45) is 0 Å². The Hall–Kier alpha value is -1.41. The molecule has 1 heterocycles. The first-order chi connectivity index (χ1) is 28.2. The molecule has 8 N–H and O–H groups in total. The van der Waals surface area contributed by atoms with Crippen LogP contribution in [0.1, 0.15) is 200 Å². The quantitative estimate of drug-likeness (QED) is 0.0224. The van der Waals surface area contributed by atoms with E-state index < -0.39 is 74.2 Å². The lowest BCUT2D eigenvalue weighted by Gasteiger charge is -2.40. The van der Waals surface area contributed by atoms with Gasteiger partial charge < -0.3 is 50.5 Å². The maximum absolute atomic E-state index is 13.1. The number of hydrogen-bond donors (Lipinski definition) is 8. The first kappa shape index (κ1) is 54.6. The van der Waals surface area contributed by atoms with Crippen molar-refractivity contribution in [3.05, 3.63) is 24.3 Å². The van der Waals surface area contributed by atoms with E-state index >= 15 is 0 Å². The number of amides is 1. The number of unbranched alkanes of at least 4 members (excludes halogenated alkanes) is 23. The Morgan fingerprint density at radius 2 is 1.03 bits per heavy atom. The van der Waals surface area contributed by atoms with Gasteiger partial charge in [-0.25, -0.2) is 0 Å². The van der Waals surface area contributed by atoms with Crippen LogP contribution < -0.4 is 5.32 Å². The summed E-state index contributed by atoms with van der Waals surface area (Å²) in [5.41, 5.74) is 0. The van der Waals surface area contributed by atoms with Crippen molar-refractivity contribution >= 4 is 5.91 Å². The molecule has 58 heavy (non-hydrogen) atoms. The van der Waals surface area contributed by atoms with Gasteiger partial charge in [-0.15, -0.1) is 0 Å². The summed E-state index contributed by atoms with van der Waals surface area (Å²) in [6.07, 6.45) is 29.4. The molecule has 0 radical (unpaired) electrons. The molecule has 9 unspecified atom stereocenters. The van der Waals surface area contributed by atoms with Crippen LogP contribution in [-0.4, -0.2) is 110 Å². The minimum atomic E-state index is -1.67. The van der Waals surface area contributed by atoms with Crippen LogP contribution in [0.3, 0.4) is 0 Å². The maximum atomic E-state index is 13.1. The largest absolute Gasteiger partial charge is 0.394 e. The summed E-state index contributed by atoms with van der Waals surface area (Å²) in [6.45, 7) is 3.41. The van der Waals surface area contributed by atoms with Gasteiger partial charge >= 0.3 is 0 Å². The molecule has 0 aromatic heterocycles. The summed E-state index contributed by atoms with van der Waals surface area (Å²) in [6, 6.07) is -1.19. The van der Waals surface area contributed by atoms with E-state index in [4.69, 9.17) is 9.47 Å². The number of aliphatic hydroxyl groups excluding tert-OH is 7. The molecule has 342 valence electrons. The maximum Gasteiger partial charge on any atom is 0.249 e. The third-order valence-corrected chi connectivity index (χ3v) is 11.5. The number of rotatable bonds is 39. The Balaban J connectivity index is 2.47. The minimum Gasteiger partial charge on any atom is -0.394 e. The van der Waals surface area contributed by atoms with Gasteiger partial charge in [-0.05, 0) is 51.4 Å². The Morgan fingerprint density at radius 1 is 0.586 bits per heavy atom. The molecule has 0 aromatic carbocycles. The number of carbonyl (C=O) groups excluding carboxylic acids is 1. The van der Waals surface area contributed by atoms with E-state index in [1.165, 1.54) is 116 Å². The third kappa shape index (κ3) is 26.7. The molecule has 1 amide bonds. The first-order valence-electron chi connectivity index (χ1n) is 23.7. The zero-order chi connectivity index (χ0) is 42.6. The lowest BCUT2D eigenvalue weighted by atomic mass is 9.98. The molecule has 0 aliphatic carbocycles. The molecule has 1 rings (SSSR count). The van der Waals surface area contributed by atoms with Crippen LogP contribution in [0.25, 0.3) is 0 Å². The molecular weight excluding hydrogens is 739 g/mol. The van der Waals surface area contributed by atoms with Crippen LogP contribution in [0.4, 0.5) is 0 Å². The van der Waals surface area contributed by atoms with Crippen LogP contribution in [0.15, 0.2) is 24.3 Å². The van der Waals surface area contributed by atoms with Gasteiger partial charge in [-0.2, -0.15) is 0 Å². The van der Waals surface area contributed by atoms with Crippen LogP contribution in [0.5, 0.6) is 0 Å². The average Bonchev–Trinajstić information content (AvgIpc) is 3.22. The average molecular weight is 828 g/mol. The van der Waals surface area contributed by atoms with Gasteiger partial charge in [0.2, 0.25) is 5.91 Å². The second kappa shape index (κ2) is 37.4. The van der Waals surface area contributed by atoms with E-state index in [9.17, 15) is 40.5 Å². The van der Waals surface area contributed by atoms with Gasteiger partial charge in [-0.3, -0.25) is 4.79 Å². The molecule has 11 nitrogen and oxygen atoms in total. The van der Waals surface area contributed by atoms with Crippen molar-refractivity contribution < 1.29 is 50.0 Å². The van der Waals surface area contributed by atoms with E-state index in [1.807, 2.05) is 0 Å². The van der Waals surface area contributed by atoms with Crippen LogP contribution in [0, 0.1) is 0 Å². The fourth-order valence-corrected chi connectivity index (χ4v) is 7.52. The molecule has 1 aliphatic rings. The smallest absolute Gasteiger partial charge is 0.249 e. The predicted molar refractivity (Wildman–Crippen MR) is 233 cm³/mol. The number of nitrogens with one attached hydrogen (secondary N) is 1. The van der Waals surface area contributed by atoms with Gasteiger partial charge in [0.1, 0.15) is 36.6 Å². The highest BCUT2D eigenvalue weighted by Gasteiger charge is 2.44. The summed E-state index contributed by atoms with van der Waals surface area (Å²) < 4.78 is 11.1. The molecule has 0 bridgehead atoms. The van der Waals surface area contributed by atoms with Crippen molar-refractivity contribution in [2.75, 3.05) is 13.2 Å². The van der Waals surface area contributed by atoms with Gasteiger partial charge in [0.25, 0.3) is 0 Å². The number of allylic oxidation sites excluding steroid dienone is 4. The van der Waals surface area contributed by atoms with Crippen molar-refractivity contribution in [3.63, 3.8) is 0 Å². The molecule has 11 heteroatoms. The molecule has 1 fully saturated rings. The van der Waals surface area contributed by atoms with Gasteiger partial charge in [0.15, 0.2) is 6.29 Å². The zero-order valence-electron chi connectivity index (χ0n) is 36.8. The number of ether oxygens (including phenoxy) is 2. The van der Waals surface area contributed by atoms with E-state index in [0.29, 0.717) is 19.3 Å². The molecule has 1 saturated heterocycles. The zero-order valence-corrected chi connectivity index (χ0v) is 36.8. The highest BCUT2D eigenvalue weighted by molar-refractivity contribution is 5.80. The number of carbonyl (C=O) groups is 1. The molecule has 0 saturated carbocycles. The molecule has 9 atom stereocenters. The van der Waals surface area contributed by atoms with Crippen molar-refractivity contribution in [1.82, 2.24) is 5.32 Å². The van der Waals surface area contributed by atoms with Crippen molar-refractivity contribution in [3.8, 4) is 0 Å². The second-order valence-electron chi connectivity index (χ2n) is 16.8. The topological polar surface area (TPSA) is 189 Å². The SMILES string of the molecule is CCCCCCCC/C=C/CC/C=C/CCCC(O)C(O)C(COC1OC(CO)C(O)C(O)C1O)NC(=O)C(O)CCCCCCCCCCCCCCCCCC.